The van der Waals surface area contributed by atoms with Crippen molar-refractivity contribution in [1.82, 2.24) is 14.4 Å². The predicted octanol–water partition coefficient (Wildman–Crippen LogP) is 2.73. The molecule has 3 heterocycles. The van der Waals surface area contributed by atoms with Gasteiger partial charge in [-0.1, -0.05) is 13.0 Å². The van der Waals surface area contributed by atoms with E-state index in [9.17, 15) is 4.79 Å². The minimum absolute atomic E-state index is 0.314. The number of imidazole rings is 1. The Hall–Kier alpha value is -2.21. The van der Waals surface area contributed by atoms with E-state index >= 15 is 0 Å². The van der Waals surface area contributed by atoms with Crippen LogP contribution in [0.3, 0.4) is 0 Å². The van der Waals surface area contributed by atoms with E-state index in [0.29, 0.717) is 17.7 Å². The molecule has 0 aliphatic heterocycles. The third-order valence-corrected chi connectivity index (χ3v) is 4.27. The zero-order chi connectivity index (χ0) is 14.8. The lowest BCUT2D eigenvalue weighted by atomic mass is 10.3. The minimum Gasteiger partial charge on any atom is -0.465 e. The number of ether oxygens (including phenoxy) is 1. The molecule has 0 N–H and O–H groups in total. The predicted molar refractivity (Wildman–Crippen MR) is 80.8 cm³/mol. The summed E-state index contributed by atoms with van der Waals surface area (Å²) in [6.07, 6.45) is 5.29. The van der Waals surface area contributed by atoms with Gasteiger partial charge in [0.15, 0.2) is 0 Å². The molecule has 0 saturated heterocycles. The number of aromatic nitrogens is 3. The lowest BCUT2D eigenvalue weighted by molar-refractivity contribution is 0.0605. The summed E-state index contributed by atoms with van der Waals surface area (Å²) < 4.78 is 6.78. The van der Waals surface area contributed by atoms with E-state index in [1.54, 1.807) is 0 Å². The number of carbonyl (C=O) groups is 1. The number of thiazole rings is 1. The summed E-state index contributed by atoms with van der Waals surface area (Å²) in [4.78, 5) is 21.4. The van der Waals surface area contributed by atoms with E-state index in [4.69, 9.17) is 4.74 Å². The molecule has 0 bridgehead atoms. The van der Waals surface area contributed by atoms with E-state index in [1.165, 1.54) is 18.4 Å². The zero-order valence-electron chi connectivity index (χ0n) is 11.9. The average Bonchev–Trinajstić information content (AvgIpc) is 3.09. The minimum atomic E-state index is -0.314. The van der Waals surface area contributed by atoms with Crippen LogP contribution in [-0.2, 0) is 17.6 Å². The van der Waals surface area contributed by atoms with Gasteiger partial charge in [0, 0.05) is 18.8 Å². The number of fused-ring (bicyclic) bond motifs is 1. The van der Waals surface area contributed by atoms with Gasteiger partial charge in [-0.2, -0.15) is 0 Å². The van der Waals surface area contributed by atoms with Crippen molar-refractivity contribution in [3.05, 3.63) is 51.9 Å². The largest absolute Gasteiger partial charge is 0.465 e. The smallest absolute Gasteiger partial charge is 0.349 e. The van der Waals surface area contributed by atoms with E-state index in [0.717, 1.165) is 22.0 Å². The van der Waals surface area contributed by atoms with Crippen LogP contribution in [0.2, 0.25) is 0 Å². The van der Waals surface area contributed by atoms with Crippen LogP contribution in [0, 0.1) is 0 Å². The molecule has 0 radical (unpaired) electrons. The van der Waals surface area contributed by atoms with Gasteiger partial charge in [-0.15, -0.1) is 11.3 Å². The lowest BCUT2D eigenvalue weighted by Gasteiger charge is -1.95. The maximum Gasteiger partial charge on any atom is 0.349 e. The first-order valence-corrected chi connectivity index (χ1v) is 7.52. The molecule has 3 aromatic heterocycles. The molecular weight excluding hydrogens is 286 g/mol. The number of hydrogen-bond donors (Lipinski definition) is 0. The first-order chi connectivity index (χ1) is 10.2. The van der Waals surface area contributed by atoms with Crippen molar-refractivity contribution in [2.24, 2.45) is 0 Å². The monoisotopic (exact) mass is 301 g/mol. The summed E-state index contributed by atoms with van der Waals surface area (Å²) >= 11 is 1.39. The molecule has 0 aliphatic rings. The van der Waals surface area contributed by atoms with Crippen LogP contribution in [0.4, 0.5) is 0 Å². The summed E-state index contributed by atoms with van der Waals surface area (Å²) in [7, 11) is 1.39. The lowest BCUT2D eigenvalue weighted by Crippen LogP contribution is -2.01. The first-order valence-electron chi connectivity index (χ1n) is 6.70. The molecule has 0 aliphatic carbocycles. The Bertz CT molecular complexity index is 758. The highest BCUT2D eigenvalue weighted by molar-refractivity contribution is 7.13. The molecule has 0 aromatic carbocycles. The Morgan fingerprint density at radius 2 is 2.24 bits per heavy atom. The SMILES string of the molecule is CCc1nc(Cc2cn3ccccc3n2)sc1C(=O)OC. The molecule has 3 rings (SSSR count). The summed E-state index contributed by atoms with van der Waals surface area (Å²) in [6.45, 7) is 1.98. The van der Waals surface area contributed by atoms with Crippen LogP contribution >= 0.6 is 11.3 Å². The van der Waals surface area contributed by atoms with Crippen molar-refractivity contribution in [2.45, 2.75) is 19.8 Å². The second kappa shape index (κ2) is 5.65. The normalized spacial score (nSPS) is 11.0. The van der Waals surface area contributed by atoms with Crippen LogP contribution in [0.1, 0.15) is 33.0 Å². The van der Waals surface area contributed by atoms with Crippen LogP contribution in [0.15, 0.2) is 30.6 Å². The molecule has 3 aromatic rings. The molecule has 0 saturated carbocycles. The van der Waals surface area contributed by atoms with Crippen molar-refractivity contribution in [2.75, 3.05) is 7.11 Å². The van der Waals surface area contributed by atoms with Crippen molar-refractivity contribution < 1.29 is 9.53 Å². The van der Waals surface area contributed by atoms with Gasteiger partial charge in [0.05, 0.1) is 23.5 Å². The Balaban J connectivity index is 1.90. The van der Waals surface area contributed by atoms with Crippen molar-refractivity contribution in [1.29, 1.82) is 0 Å². The van der Waals surface area contributed by atoms with E-state index < -0.39 is 0 Å². The Labute approximate surface area is 126 Å². The highest BCUT2D eigenvalue weighted by Gasteiger charge is 2.18. The number of esters is 1. The number of methoxy groups -OCH3 is 1. The molecule has 6 heteroatoms. The number of aryl methyl sites for hydroxylation is 1. The van der Waals surface area contributed by atoms with Gasteiger partial charge in [-0.05, 0) is 18.6 Å². The van der Waals surface area contributed by atoms with Crippen LogP contribution < -0.4 is 0 Å². The van der Waals surface area contributed by atoms with Crippen LogP contribution in [-0.4, -0.2) is 27.4 Å². The fourth-order valence-corrected chi connectivity index (χ4v) is 3.28. The molecule has 0 atom stereocenters. The second-order valence-corrected chi connectivity index (χ2v) is 5.69. The van der Waals surface area contributed by atoms with Crippen LogP contribution in [0.25, 0.3) is 5.65 Å². The number of pyridine rings is 1. The molecule has 5 nitrogen and oxygen atoms in total. The molecule has 0 spiro atoms. The number of hydrogen-bond acceptors (Lipinski definition) is 5. The van der Waals surface area contributed by atoms with E-state index in [1.807, 2.05) is 41.9 Å². The van der Waals surface area contributed by atoms with Crippen molar-refractivity contribution in [3.63, 3.8) is 0 Å². The molecule has 108 valence electrons. The number of nitrogens with zero attached hydrogens (tertiary/aromatic N) is 3. The zero-order valence-corrected chi connectivity index (χ0v) is 12.7. The standard InChI is InChI=1S/C15H15N3O2S/c1-3-11-14(15(19)20-2)21-13(17-11)8-10-9-18-7-5-4-6-12(18)16-10/h4-7,9H,3,8H2,1-2H3. The van der Waals surface area contributed by atoms with E-state index in [-0.39, 0.29) is 5.97 Å². The summed E-state index contributed by atoms with van der Waals surface area (Å²) in [5, 5.41) is 0.885. The van der Waals surface area contributed by atoms with Crippen molar-refractivity contribution in [3.8, 4) is 0 Å². The average molecular weight is 301 g/mol. The Morgan fingerprint density at radius 1 is 1.38 bits per heavy atom. The van der Waals surface area contributed by atoms with Crippen molar-refractivity contribution >= 4 is 23.0 Å². The van der Waals surface area contributed by atoms with Gasteiger partial charge in [-0.25, -0.2) is 14.8 Å². The number of carbonyl (C=O) groups excluding carboxylic acids is 1. The second-order valence-electron chi connectivity index (χ2n) is 4.60. The summed E-state index contributed by atoms with van der Waals surface area (Å²) in [6, 6.07) is 5.88. The third kappa shape index (κ3) is 2.67. The van der Waals surface area contributed by atoms with Gasteiger partial charge in [0.25, 0.3) is 0 Å². The molecule has 0 amide bonds. The Morgan fingerprint density at radius 3 is 2.95 bits per heavy atom. The topological polar surface area (TPSA) is 56.5 Å². The Kier molecular flexibility index (Phi) is 3.70. The first kappa shape index (κ1) is 13.8. The maximum atomic E-state index is 11.7. The highest BCUT2D eigenvalue weighted by atomic mass is 32.1. The molecule has 0 unspecified atom stereocenters. The fraction of sp³-hybridized carbons (Fsp3) is 0.267. The van der Waals surface area contributed by atoms with Gasteiger partial charge in [0.1, 0.15) is 10.5 Å². The summed E-state index contributed by atoms with van der Waals surface area (Å²) in [5.41, 5.74) is 2.65. The molecule has 21 heavy (non-hydrogen) atoms. The van der Waals surface area contributed by atoms with Gasteiger partial charge in [0.2, 0.25) is 0 Å². The highest BCUT2D eigenvalue weighted by Crippen LogP contribution is 2.22. The molecular formula is C15H15N3O2S. The maximum absolute atomic E-state index is 11.7. The molecule has 0 fully saturated rings. The van der Waals surface area contributed by atoms with Gasteiger partial charge < -0.3 is 9.14 Å². The van der Waals surface area contributed by atoms with Gasteiger partial charge in [-0.3, -0.25) is 0 Å². The van der Waals surface area contributed by atoms with Crippen LogP contribution in [0.5, 0.6) is 0 Å². The number of rotatable bonds is 4. The summed E-state index contributed by atoms with van der Waals surface area (Å²) in [5.74, 6) is -0.314. The fourth-order valence-electron chi connectivity index (χ4n) is 2.20. The van der Waals surface area contributed by atoms with Gasteiger partial charge >= 0.3 is 5.97 Å². The van der Waals surface area contributed by atoms with E-state index in [2.05, 4.69) is 9.97 Å². The quantitative estimate of drug-likeness (QED) is 0.695. The third-order valence-electron chi connectivity index (χ3n) is 3.19.